The molecule has 16 heteroatoms. The predicted molar refractivity (Wildman–Crippen MR) is 192 cm³/mol. The van der Waals surface area contributed by atoms with Gasteiger partial charge in [-0.1, -0.05) is 6.92 Å². The van der Waals surface area contributed by atoms with Crippen LogP contribution >= 0.6 is 0 Å². The molecule has 3 unspecified atom stereocenters. The van der Waals surface area contributed by atoms with Gasteiger partial charge in [0.15, 0.2) is 30.3 Å². The van der Waals surface area contributed by atoms with Crippen molar-refractivity contribution in [3.63, 3.8) is 0 Å². The summed E-state index contributed by atoms with van der Waals surface area (Å²) in [4.78, 5) is 39.4. The quantitative estimate of drug-likeness (QED) is 0.0789. The number of ketones is 2. The monoisotopic (exact) mass is 768 g/mol. The Labute approximate surface area is 314 Å². The van der Waals surface area contributed by atoms with Crippen LogP contribution in [0.3, 0.4) is 0 Å². The molecule has 0 aliphatic heterocycles. The van der Waals surface area contributed by atoms with Crippen molar-refractivity contribution in [1.82, 2.24) is 0 Å². The third-order valence-corrected chi connectivity index (χ3v) is 9.57. The Morgan fingerprint density at radius 1 is 0.907 bits per heavy atom. The molecular formula is C38H56O16. The molecule has 2 aromatic carbocycles. The van der Waals surface area contributed by atoms with E-state index in [1.54, 1.807) is 53.7 Å². The number of carbonyl (C=O) groups excluding carboxylic acids is 3. The van der Waals surface area contributed by atoms with Gasteiger partial charge in [0.25, 0.3) is 0 Å². The zero-order valence-electron chi connectivity index (χ0n) is 32.3. The third kappa shape index (κ3) is 10.4. The highest BCUT2D eigenvalue weighted by Gasteiger charge is 2.47. The van der Waals surface area contributed by atoms with Gasteiger partial charge in [-0.25, -0.2) is 0 Å². The predicted octanol–water partition coefficient (Wildman–Crippen LogP) is 2.22. The largest absolute Gasteiger partial charge is 0.507 e. The second-order valence-electron chi connectivity index (χ2n) is 13.6. The van der Waals surface area contributed by atoms with E-state index in [0.29, 0.717) is 17.4 Å². The molecule has 54 heavy (non-hydrogen) atoms. The molecule has 0 radical (unpaired) electrons. The number of benzene rings is 2. The second-order valence-corrected chi connectivity index (χ2v) is 13.6. The van der Waals surface area contributed by atoms with Crippen molar-refractivity contribution in [2.24, 2.45) is 5.92 Å². The topological polar surface area (TPSA) is 237 Å². The first-order valence-electron chi connectivity index (χ1n) is 18.0. The first-order chi connectivity index (χ1) is 25.4. The van der Waals surface area contributed by atoms with Gasteiger partial charge in [0.05, 0.1) is 36.4 Å². The van der Waals surface area contributed by atoms with Gasteiger partial charge >= 0.3 is 5.97 Å². The minimum Gasteiger partial charge on any atom is -0.507 e. The summed E-state index contributed by atoms with van der Waals surface area (Å²) in [5.74, 6) is -3.68. The molecule has 0 amide bonds. The number of aliphatic hydroxyl groups is 4. The molecule has 0 aromatic heterocycles. The zero-order chi connectivity index (χ0) is 40.6. The average Bonchev–Trinajstić information content (AvgIpc) is 3.11. The van der Waals surface area contributed by atoms with Crippen molar-refractivity contribution < 1.29 is 78.2 Å². The number of rotatable bonds is 21. The van der Waals surface area contributed by atoms with Crippen LogP contribution in [0.5, 0.6) is 17.2 Å². The summed E-state index contributed by atoms with van der Waals surface area (Å²) in [7, 11) is 2.52. The molecule has 6 N–H and O–H groups in total. The van der Waals surface area contributed by atoms with Gasteiger partial charge in [-0.15, -0.1) is 0 Å². The van der Waals surface area contributed by atoms with E-state index < -0.39 is 97.2 Å². The Hall–Kier alpha value is -3.45. The van der Waals surface area contributed by atoms with E-state index in [1.807, 2.05) is 0 Å². The van der Waals surface area contributed by atoms with Gasteiger partial charge in [-0.3, -0.25) is 14.4 Å². The number of phenols is 2. The van der Waals surface area contributed by atoms with Crippen molar-refractivity contribution in [2.75, 3.05) is 27.4 Å². The van der Waals surface area contributed by atoms with E-state index in [9.17, 15) is 39.9 Å². The maximum Gasteiger partial charge on any atom is 0.306 e. The molecule has 1 aliphatic carbocycles. The van der Waals surface area contributed by atoms with Gasteiger partial charge in [0, 0.05) is 32.1 Å². The normalized spacial score (nSPS) is 20.9. The molecular weight excluding hydrogens is 712 g/mol. The number of carbonyl (C=O) groups is 3. The van der Waals surface area contributed by atoms with Gasteiger partial charge in [-0.2, -0.15) is 0 Å². The molecule has 2 aromatic rings. The number of hydrogen-bond donors (Lipinski definition) is 6. The SMILES string of the molecule is CCCC(=O)O[C@H](C)[C@H](O)C(=O)[C@@H](OC)[C@@H]1Cc2cc3cc(OC(C)OC(C)[C@@H](O)CO[C@@H](C)OC(C)[C@@H](O)CO)c(C)c(O)c3c(O)c2C(=O)[C@H]1OC. The zero-order valence-corrected chi connectivity index (χ0v) is 32.3. The van der Waals surface area contributed by atoms with Crippen molar-refractivity contribution in [1.29, 1.82) is 0 Å². The Bertz CT molecular complexity index is 1600. The molecule has 0 saturated carbocycles. The molecule has 304 valence electrons. The fourth-order valence-corrected chi connectivity index (χ4v) is 6.45. The van der Waals surface area contributed by atoms with Crippen LogP contribution in [0, 0.1) is 12.8 Å². The number of hydrogen-bond acceptors (Lipinski definition) is 16. The van der Waals surface area contributed by atoms with E-state index in [0.717, 1.165) is 0 Å². The summed E-state index contributed by atoms with van der Waals surface area (Å²) in [5.41, 5.74) is 0.454. The van der Waals surface area contributed by atoms with Crippen LogP contribution in [0.2, 0.25) is 0 Å². The Morgan fingerprint density at radius 3 is 2.13 bits per heavy atom. The number of aliphatic hydroxyl groups excluding tert-OH is 4. The van der Waals surface area contributed by atoms with E-state index in [4.69, 9.17) is 38.3 Å². The summed E-state index contributed by atoms with van der Waals surface area (Å²) in [6, 6.07) is 3.13. The first-order valence-corrected chi connectivity index (χ1v) is 18.0. The molecule has 3 rings (SSSR count). The second kappa shape index (κ2) is 19.9. The summed E-state index contributed by atoms with van der Waals surface area (Å²) in [6.07, 6.45) is -10.4. The highest BCUT2D eigenvalue weighted by Crippen LogP contribution is 2.46. The van der Waals surface area contributed by atoms with Crippen molar-refractivity contribution in [2.45, 2.75) is 129 Å². The number of phenolic OH excluding ortho intramolecular Hbond substituents is 2. The number of aromatic hydroxyl groups is 2. The molecule has 11 atom stereocenters. The summed E-state index contributed by atoms with van der Waals surface area (Å²) >= 11 is 0. The van der Waals surface area contributed by atoms with E-state index in [1.165, 1.54) is 21.1 Å². The number of Topliss-reactive ketones (excluding diaryl/α,β-unsaturated/α-hetero) is 2. The van der Waals surface area contributed by atoms with Crippen LogP contribution in [-0.4, -0.2) is 137 Å². The molecule has 0 heterocycles. The van der Waals surface area contributed by atoms with E-state index >= 15 is 0 Å². The molecule has 0 fully saturated rings. The van der Waals surface area contributed by atoms with Crippen molar-refractivity contribution in [3.05, 3.63) is 28.8 Å². The number of esters is 1. The fraction of sp³-hybridized carbons (Fsp3) is 0.658. The Morgan fingerprint density at radius 2 is 1.54 bits per heavy atom. The fourth-order valence-electron chi connectivity index (χ4n) is 6.45. The average molecular weight is 769 g/mol. The van der Waals surface area contributed by atoms with Crippen LogP contribution in [0.15, 0.2) is 12.1 Å². The van der Waals surface area contributed by atoms with E-state index in [-0.39, 0.29) is 47.5 Å². The lowest BCUT2D eigenvalue weighted by molar-refractivity contribution is -0.205. The van der Waals surface area contributed by atoms with Gasteiger partial charge in [-0.05, 0) is 77.5 Å². The third-order valence-electron chi connectivity index (χ3n) is 9.57. The summed E-state index contributed by atoms with van der Waals surface area (Å²) in [5, 5.41) is 63.2. The van der Waals surface area contributed by atoms with Gasteiger partial charge < -0.3 is 63.8 Å². The van der Waals surface area contributed by atoms with Crippen LogP contribution in [0.25, 0.3) is 10.8 Å². The smallest absolute Gasteiger partial charge is 0.306 e. The summed E-state index contributed by atoms with van der Waals surface area (Å²) < 4.78 is 39.1. The van der Waals surface area contributed by atoms with Crippen molar-refractivity contribution in [3.8, 4) is 17.2 Å². The van der Waals surface area contributed by atoms with Crippen LogP contribution in [0.1, 0.15) is 75.9 Å². The molecule has 0 saturated heterocycles. The minimum absolute atomic E-state index is 0.00978. The molecule has 1 aliphatic rings. The first kappa shape index (κ1) is 44.9. The van der Waals surface area contributed by atoms with Gasteiger partial charge in [0.1, 0.15) is 47.8 Å². The lowest BCUT2D eigenvalue weighted by atomic mass is 9.75. The lowest BCUT2D eigenvalue weighted by Gasteiger charge is -2.36. The van der Waals surface area contributed by atoms with E-state index in [2.05, 4.69) is 0 Å². The minimum atomic E-state index is -1.76. The number of fused-ring (bicyclic) bond motifs is 2. The Balaban J connectivity index is 1.84. The molecule has 0 bridgehead atoms. The molecule has 0 spiro atoms. The highest BCUT2D eigenvalue weighted by molar-refractivity contribution is 6.11. The maximum absolute atomic E-state index is 13.9. The van der Waals surface area contributed by atoms with Crippen molar-refractivity contribution >= 4 is 28.3 Å². The van der Waals surface area contributed by atoms with Gasteiger partial charge in [0.2, 0.25) is 0 Å². The number of methoxy groups -OCH3 is 2. The lowest BCUT2D eigenvalue weighted by Crippen LogP contribution is -2.52. The maximum atomic E-state index is 13.9. The van der Waals surface area contributed by atoms with Crippen LogP contribution < -0.4 is 4.74 Å². The van der Waals surface area contributed by atoms with Crippen LogP contribution in [-0.2, 0) is 44.4 Å². The van der Waals surface area contributed by atoms with Crippen LogP contribution in [0.4, 0.5) is 0 Å². The Kier molecular flexibility index (Phi) is 16.6. The molecule has 16 nitrogen and oxygen atoms in total. The summed E-state index contributed by atoms with van der Waals surface area (Å²) in [6.45, 7) is 10.4. The standard InChI is InChI=1S/C38H56O16/c1-10-11-29(42)53-20(5)33(44)36(47)38(49-9)25-13-23-12-24-14-28(17(2)32(43)30(24)34(45)31(23)35(46)37(25)48-8)54-22(7)52-19(4)27(41)16-50-21(6)51-18(3)26(40)15-39/h12,14,18-22,25-27,33,37-41,43-45H,10-11,13,15-16H2,1-9H3/t18?,19?,20-,21-,22?,25-,26+,27+,33+,37+,38+/m1/s1. The number of ether oxygens (including phenoxy) is 7. The highest BCUT2D eigenvalue weighted by atomic mass is 16.7.